The Labute approximate surface area is 177 Å². The van der Waals surface area contributed by atoms with Gasteiger partial charge in [-0.25, -0.2) is 0 Å². The molecule has 30 heavy (non-hydrogen) atoms. The molecule has 2 aliphatic rings. The first kappa shape index (κ1) is 20.1. The van der Waals surface area contributed by atoms with Crippen LogP contribution in [-0.2, 0) is 9.47 Å². The molecular weight excluding hydrogens is 372 g/mol. The second-order valence-corrected chi connectivity index (χ2v) is 7.75. The fourth-order valence-corrected chi connectivity index (χ4v) is 4.58. The van der Waals surface area contributed by atoms with Crippen LogP contribution in [0.2, 0.25) is 0 Å². The van der Waals surface area contributed by atoms with Crippen LogP contribution >= 0.6 is 0 Å². The maximum Gasteiger partial charge on any atom is 0.169 e. The predicted octanol–water partition coefficient (Wildman–Crippen LogP) is 5.37. The van der Waals surface area contributed by atoms with E-state index >= 15 is 0 Å². The zero-order chi connectivity index (χ0) is 20.8. The van der Waals surface area contributed by atoms with Crippen molar-refractivity contribution in [3.8, 4) is 12.1 Å². The summed E-state index contributed by atoms with van der Waals surface area (Å²) in [4.78, 5) is 0. The highest BCUT2D eigenvalue weighted by atomic mass is 16.7. The van der Waals surface area contributed by atoms with Crippen molar-refractivity contribution in [1.82, 2.24) is 0 Å². The van der Waals surface area contributed by atoms with Gasteiger partial charge in [-0.2, -0.15) is 10.5 Å². The van der Waals surface area contributed by atoms with Crippen LogP contribution in [0.25, 0.3) is 6.08 Å². The minimum atomic E-state index is -0.613. The summed E-state index contributed by atoms with van der Waals surface area (Å²) < 4.78 is 12.0. The summed E-state index contributed by atoms with van der Waals surface area (Å²) in [6.07, 6.45) is 6.24. The smallest absolute Gasteiger partial charge is 0.169 e. The molecule has 0 radical (unpaired) electrons. The molecular formula is C26H24N2O2. The van der Waals surface area contributed by atoms with E-state index in [2.05, 4.69) is 48.6 Å². The molecule has 2 aromatic carbocycles. The number of ether oxygens (including phenoxy) is 2. The minimum Gasteiger partial charge on any atom is -0.348 e. The van der Waals surface area contributed by atoms with Crippen molar-refractivity contribution in [2.75, 3.05) is 13.2 Å². The molecule has 1 aliphatic carbocycles. The zero-order valence-corrected chi connectivity index (χ0v) is 16.8. The van der Waals surface area contributed by atoms with E-state index in [-0.39, 0.29) is 17.4 Å². The summed E-state index contributed by atoms with van der Waals surface area (Å²) in [5.41, 5.74) is 3.40. The van der Waals surface area contributed by atoms with Crippen molar-refractivity contribution in [2.45, 2.75) is 31.0 Å². The Morgan fingerprint density at radius 2 is 1.60 bits per heavy atom. The third-order valence-electron chi connectivity index (χ3n) is 6.03. The fourth-order valence-electron chi connectivity index (χ4n) is 4.58. The van der Waals surface area contributed by atoms with Gasteiger partial charge in [0, 0.05) is 18.8 Å². The Morgan fingerprint density at radius 1 is 0.967 bits per heavy atom. The number of benzene rings is 2. The van der Waals surface area contributed by atoms with E-state index in [1.807, 2.05) is 36.4 Å². The molecule has 1 heterocycles. The van der Waals surface area contributed by atoms with Gasteiger partial charge in [-0.1, -0.05) is 72.8 Å². The maximum atomic E-state index is 9.60. The first-order valence-corrected chi connectivity index (χ1v) is 10.3. The summed E-state index contributed by atoms with van der Waals surface area (Å²) in [5, 5.41) is 19.2. The number of nitrogens with zero attached hydrogens (tertiary/aromatic N) is 2. The molecule has 0 unspecified atom stereocenters. The van der Waals surface area contributed by atoms with E-state index in [0.29, 0.717) is 32.5 Å². The lowest BCUT2D eigenvalue weighted by atomic mass is 9.70. The van der Waals surface area contributed by atoms with Crippen molar-refractivity contribution in [1.29, 1.82) is 10.5 Å². The van der Waals surface area contributed by atoms with Gasteiger partial charge in [-0.05, 0) is 29.0 Å². The highest BCUT2D eigenvalue weighted by Crippen LogP contribution is 2.48. The van der Waals surface area contributed by atoms with Gasteiger partial charge in [0.05, 0.1) is 13.2 Å². The van der Waals surface area contributed by atoms with Crippen LogP contribution in [0.3, 0.4) is 0 Å². The Hall–Kier alpha value is -3.18. The van der Waals surface area contributed by atoms with E-state index in [1.54, 1.807) is 0 Å². The third kappa shape index (κ3) is 4.21. The molecule has 1 saturated carbocycles. The molecule has 2 aromatic rings. The van der Waals surface area contributed by atoms with Crippen LogP contribution in [0.4, 0.5) is 0 Å². The van der Waals surface area contributed by atoms with E-state index in [1.165, 1.54) is 0 Å². The topological polar surface area (TPSA) is 66.0 Å². The number of hydrogen-bond acceptors (Lipinski definition) is 4. The fraction of sp³-hybridized carbons (Fsp3) is 0.308. The molecule has 4 rings (SSSR count). The van der Waals surface area contributed by atoms with E-state index in [9.17, 15) is 10.5 Å². The lowest BCUT2D eigenvalue weighted by molar-refractivity contribution is -0.180. The Morgan fingerprint density at radius 3 is 2.23 bits per heavy atom. The van der Waals surface area contributed by atoms with Crippen LogP contribution in [-0.4, -0.2) is 19.0 Å². The Balaban J connectivity index is 1.78. The molecule has 1 saturated heterocycles. The molecule has 150 valence electrons. The monoisotopic (exact) mass is 396 g/mol. The SMILES string of the molecule is N#CC(C#N)=C1CCC2(C[C@H]1[C@@H](/C=C/c1ccccc1)c1ccccc1)OCCO2. The van der Waals surface area contributed by atoms with Crippen LogP contribution in [0.5, 0.6) is 0 Å². The molecule has 0 bridgehead atoms. The number of hydrogen-bond donors (Lipinski definition) is 0. The van der Waals surface area contributed by atoms with Crippen molar-refractivity contribution in [3.05, 3.63) is 89.0 Å². The van der Waals surface area contributed by atoms with Crippen molar-refractivity contribution in [3.63, 3.8) is 0 Å². The van der Waals surface area contributed by atoms with Crippen molar-refractivity contribution in [2.24, 2.45) is 5.92 Å². The average Bonchev–Trinajstić information content (AvgIpc) is 3.25. The van der Waals surface area contributed by atoms with Crippen LogP contribution in [0.1, 0.15) is 36.3 Å². The van der Waals surface area contributed by atoms with E-state index in [0.717, 1.165) is 16.7 Å². The summed E-state index contributed by atoms with van der Waals surface area (Å²) in [7, 11) is 0. The summed E-state index contributed by atoms with van der Waals surface area (Å²) in [5.74, 6) is -0.658. The molecule has 0 N–H and O–H groups in total. The maximum absolute atomic E-state index is 9.60. The summed E-state index contributed by atoms with van der Waals surface area (Å²) in [6, 6.07) is 24.7. The molecule has 1 spiro atoms. The summed E-state index contributed by atoms with van der Waals surface area (Å²) in [6.45, 7) is 1.18. The highest BCUT2D eigenvalue weighted by Gasteiger charge is 2.46. The lowest BCUT2D eigenvalue weighted by Crippen LogP contribution is -2.39. The number of rotatable bonds is 4. The van der Waals surface area contributed by atoms with Gasteiger partial charge in [0.15, 0.2) is 5.79 Å². The Kier molecular flexibility index (Phi) is 6.10. The average molecular weight is 396 g/mol. The first-order valence-electron chi connectivity index (χ1n) is 10.3. The second kappa shape index (κ2) is 9.09. The van der Waals surface area contributed by atoms with Crippen molar-refractivity contribution < 1.29 is 9.47 Å². The van der Waals surface area contributed by atoms with Crippen molar-refractivity contribution >= 4 is 6.08 Å². The van der Waals surface area contributed by atoms with E-state index < -0.39 is 5.79 Å². The highest BCUT2D eigenvalue weighted by molar-refractivity contribution is 5.52. The first-order chi connectivity index (χ1) is 14.7. The van der Waals surface area contributed by atoms with Gasteiger partial charge < -0.3 is 9.47 Å². The molecule has 4 heteroatoms. The lowest BCUT2D eigenvalue weighted by Gasteiger charge is -2.40. The number of nitriles is 2. The van der Waals surface area contributed by atoms with Gasteiger partial charge in [0.2, 0.25) is 0 Å². The van der Waals surface area contributed by atoms with Gasteiger partial charge >= 0.3 is 0 Å². The largest absolute Gasteiger partial charge is 0.348 e. The molecule has 2 fully saturated rings. The number of allylic oxidation sites excluding steroid dienone is 3. The minimum absolute atomic E-state index is 0.00285. The van der Waals surface area contributed by atoms with Gasteiger partial charge in [-0.15, -0.1) is 0 Å². The van der Waals surface area contributed by atoms with Gasteiger partial charge in [0.1, 0.15) is 17.7 Å². The standard InChI is InChI=1S/C26H24N2O2/c27-18-22(19-28)24-13-14-26(29-15-16-30-26)17-25(24)23(21-9-5-2-6-10-21)12-11-20-7-3-1-4-8-20/h1-12,23,25H,13-17H2/b12-11+/t23-,25-/m0/s1. The van der Waals surface area contributed by atoms with Crippen LogP contribution in [0, 0.1) is 28.6 Å². The zero-order valence-electron chi connectivity index (χ0n) is 16.8. The summed E-state index contributed by atoms with van der Waals surface area (Å²) >= 11 is 0. The van der Waals surface area contributed by atoms with E-state index in [4.69, 9.17) is 9.47 Å². The predicted molar refractivity (Wildman–Crippen MR) is 115 cm³/mol. The van der Waals surface area contributed by atoms with Gasteiger partial charge in [-0.3, -0.25) is 0 Å². The normalized spacial score (nSPS) is 21.3. The van der Waals surface area contributed by atoms with Crippen LogP contribution < -0.4 is 0 Å². The molecule has 4 nitrogen and oxygen atoms in total. The molecule has 0 amide bonds. The van der Waals surface area contributed by atoms with Crippen LogP contribution in [0.15, 0.2) is 77.9 Å². The Bertz CT molecular complexity index is 990. The quantitative estimate of drug-likeness (QED) is 0.652. The molecule has 2 atom stereocenters. The van der Waals surface area contributed by atoms with Gasteiger partial charge in [0.25, 0.3) is 0 Å². The molecule has 1 aliphatic heterocycles. The third-order valence-corrected chi connectivity index (χ3v) is 6.03. The molecule has 0 aromatic heterocycles. The second-order valence-electron chi connectivity index (χ2n) is 7.75.